The normalized spacial score (nSPS) is 15.3. The van der Waals surface area contributed by atoms with Gasteiger partial charge in [0.05, 0.1) is 0 Å². The van der Waals surface area contributed by atoms with E-state index in [4.69, 9.17) is 4.74 Å². The molecule has 0 unspecified atom stereocenters. The zero-order valence-corrected chi connectivity index (χ0v) is 14.8. The lowest BCUT2D eigenvalue weighted by Gasteiger charge is -2.37. The largest absolute Gasteiger partial charge is 0.413 e. The number of para-hydroxylation sites is 2. The minimum atomic E-state index is -0.630. The predicted octanol–water partition coefficient (Wildman–Crippen LogP) is 2.51. The molecule has 1 heterocycles. The highest BCUT2D eigenvalue weighted by Crippen LogP contribution is 2.16. The molecule has 0 aliphatic carbocycles. The van der Waals surface area contributed by atoms with Gasteiger partial charge in [0.15, 0.2) is 0 Å². The predicted molar refractivity (Wildman–Crippen MR) is 100 cm³/mol. The number of hydrogen-bond donors (Lipinski definition) is 1. The number of rotatable bonds is 4. The topological polar surface area (TPSA) is 61.9 Å². The van der Waals surface area contributed by atoms with Crippen molar-refractivity contribution in [3.05, 3.63) is 60.7 Å². The molecule has 1 fully saturated rings. The van der Waals surface area contributed by atoms with Crippen molar-refractivity contribution in [1.82, 2.24) is 10.2 Å². The first-order chi connectivity index (χ1) is 12.6. The van der Waals surface area contributed by atoms with Crippen LogP contribution in [0, 0.1) is 0 Å². The van der Waals surface area contributed by atoms with Crippen molar-refractivity contribution < 1.29 is 14.3 Å². The number of piperazine rings is 1. The summed E-state index contributed by atoms with van der Waals surface area (Å²) in [5.74, 6) is 0.351. The maximum atomic E-state index is 12.6. The molecule has 6 heteroatoms. The molecule has 1 atom stereocenters. The van der Waals surface area contributed by atoms with Crippen LogP contribution in [0.25, 0.3) is 0 Å². The van der Waals surface area contributed by atoms with Crippen LogP contribution in [-0.4, -0.2) is 49.1 Å². The minimum Gasteiger partial charge on any atom is -0.410 e. The van der Waals surface area contributed by atoms with E-state index in [-0.39, 0.29) is 5.91 Å². The number of benzene rings is 2. The van der Waals surface area contributed by atoms with Gasteiger partial charge in [-0.3, -0.25) is 4.79 Å². The fourth-order valence-corrected chi connectivity index (χ4v) is 2.96. The number of nitrogens with zero attached hydrogens (tertiary/aromatic N) is 2. The van der Waals surface area contributed by atoms with E-state index in [9.17, 15) is 9.59 Å². The van der Waals surface area contributed by atoms with Crippen molar-refractivity contribution >= 4 is 17.7 Å². The summed E-state index contributed by atoms with van der Waals surface area (Å²) >= 11 is 0. The molecule has 1 saturated heterocycles. The molecule has 1 N–H and O–H groups in total. The highest BCUT2D eigenvalue weighted by Gasteiger charge is 2.26. The summed E-state index contributed by atoms with van der Waals surface area (Å²) in [6.07, 6.45) is -0.625. The number of hydrogen-bond acceptors (Lipinski definition) is 4. The van der Waals surface area contributed by atoms with Crippen molar-refractivity contribution in [3.8, 4) is 5.75 Å². The molecule has 0 aromatic heterocycles. The second-order valence-electron chi connectivity index (χ2n) is 6.22. The van der Waals surface area contributed by atoms with Gasteiger partial charge in [0, 0.05) is 31.9 Å². The van der Waals surface area contributed by atoms with Gasteiger partial charge < -0.3 is 19.9 Å². The Labute approximate surface area is 153 Å². The van der Waals surface area contributed by atoms with E-state index in [1.165, 1.54) is 0 Å². The molecular weight excluding hydrogens is 330 g/mol. The van der Waals surface area contributed by atoms with Gasteiger partial charge in [0.2, 0.25) is 5.91 Å². The first kappa shape index (κ1) is 17.8. The number of carbonyl (C=O) groups excluding carboxylic acids is 2. The second-order valence-corrected chi connectivity index (χ2v) is 6.22. The molecule has 0 bridgehead atoms. The van der Waals surface area contributed by atoms with Gasteiger partial charge in [0.25, 0.3) is 0 Å². The van der Waals surface area contributed by atoms with Crippen molar-refractivity contribution in [2.45, 2.75) is 13.0 Å². The van der Waals surface area contributed by atoms with Gasteiger partial charge in [-0.05, 0) is 31.2 Å². The number of carbonyl (C=O) groups is 2. The van der Waals surface area contributed by atoms with Crippen LogP contribution in [0.1, 0.15) is 6.92 Å². The molecule has 2 aromatic carbocycles. The smallest absolute Gasteiger partial charge is 0.410 e. The average molecular weight is 353 g/mol. The van der Waals surface area contributed by atoms with Gasteiger partial charge in [-0.1, -0.05) is 36.4 Å². The second kappa shape index (κ2) is 8.38. The van der Waals surface area contributed by atoms with Crippen molar-refractivity contribution in [2.75, 3.05) is 31.1 Å². The van der Waals surface area contributed by atoms with Crippen LogP contribution < -0.4 is 15.0 Å². The maximum absolute atomic E-state index is 12.6. The SMILES string of the molecule is C[C@@H](NC(=O)Oc1ccccc1)C(=O)N1CCN(c2ccccc2)CC1. The quantitative estimate of drug-likeness (QED) is 0.917. The van der Waals surface area contributed by atoms with Crippen LogP contribution >= 0.6 is 0 Å². The van der Waals surface area contributed by atoms with E-state index in [0.717, 1.165) is 18.8 Å². The van der Waals surface area contributed by atoms with Crippen molar-refractivity contribution in [3.63, 3.8) is 0 Å². The van der Waals surface area contributed by atoms with Gasteiger partial charge in [-0.2, -0.15) is 0 Å². The van der Waals surface area contributed by atoms with Crippen LogP contribution in [-0.2, 0) is 4.79 Å². The average Bonchev–Trinajstić information content (AvgIpc) is 2.69. The lowest BCUT2D eigenvalue weighted by Crippen LogP contribution is -2.54. The van der Waals surface area contributed by atoms with Crippen LogP contribution in [0.3, 0.4) is 0 Å². The standard InChI is InChI=1S/C20H23N3O3/c1-16(21-20(25)26-18-10-6-3-7-11-18)19(24)23-14-12-22(13-15-23)17-8-4-2-5-9-17/h2-11,16H,12-15H2,1H3,(H,21,25)/t16-/m1/s1. The molecular formula is C20H23N3O3. The Morgan fingerprint density at radius 2 is 1.50 bits per heavy atom. The number of anilines is 1. The van der Waals surface area contributed by atoms with E-state index >= 15 is 0 Å². The summed E-state index contributed by atoms with van der Waals surface area (Å²) in [4.78, 5) is 28.5. The Morgan fingerprint density at radius 3 is 2.12 bits per heavy atom. The summed E-state index contributed by atoms with van der Waals surface area (Å²) in [6.45, 7) is 4.49. The molecule has 3 rings (SSSR count). The summed E-state index contributed by atoms with van der Waals surface area (Å²) in [6, 6.07) is 18.3. The number of ether oxygens (including phenoxy) is 1. The molecule has 2 amide bonds. The molecule has 2 aromatic rings. The molecule has 6 nitrogen and oxygen atoms in total. The molecule has 0 spiro atoms. The molecule has 26 heavy (non-hydrogen) atoms. The molecule has 0 radical (unpaired) electrons. The van der Waals surface area contributed by atoms with E-state index in [0.29, 0.717) is 18.8 Å². The van der Waals surface area contributed by atoms with E-state index in [1.807, 2.05) is 24.3 Å². The summed E-state index contributed by atoms with van der Waals surface area (Å²) < 4.78 is 5.17. The zero-order chi connectivity index (χ0) is 18.4. The van der Waals surface area contributed by atoms with Crippen molar-refractivity contribution in [2.24, 2.45) is 0 Å². The number of amides is 2. The third kappa shape index (κ3) is 4.53. The third-order valence-electron chi connectivity index (χ3n) is 4.37. The van der Waals surface area contributed by atoms with Crippen LogP contribution in [0.2, 0.25) is 0 Å². The summed E-state index contributed by atoms with van der Waals surface area (Å²) in [7, 11) is 0. The van der Waals surface area contributed by atoms with Crippen LogP contribution in [0.5, 0.6) is 5.75 Å². The van der Waals surface area contributed by atoms with Gasteiger partial charge in [0.1, 0.15) is 11.8 Å². The first-order valence-electron chi connectivity index (χ1n) is 8.75. The van der Waals surface area contributed by atoms with E-state index in [1.54, 1.807) is 36.1 Å². The van der Waals surface area contributed by atoms with Crippen molar-refractivity contribution in [1.29, 1.82) is 0 Å². The Balaban J connectivity index is 1.47. The summed E-state index contributed by atoms with van der Waals surface area (Å²) in [5.41, 5.74) is 1.16. The van der Waals surface area contributed by atoms with Gasteiger partial charge in [-0.25, -0.2) is 4.79 Å². The minimum absolute atomic E-state index is 0.0947. The lowest BCUT2D eigenvalue weighted by atomic mass is 10.2. The van der Waals surface area contributed by atoms with Gasteiger partial charge >= 0.3 is 6.09 Å². The lowest BCUT2D eigenvalue weighted by molar-refractivity contribution is -0.133. The van der Waals surface area contributed by atoms with Crippen LogP contribution in [0.4, 0.5) is 10.5 Å². The highest BCUT2D eigenvalue weighted by molar-refractivity contribution is 5.86. The fourth-order valence-electron chi connectivity index (χ4n) is 2.96. The maximum Gasteiger partial charge on any atom is 0.413 e. The number of nitrogens with one attached hydrogen (secondary N) is 1. The monoisotopic (exact) mass is 353 g/mol. The summed E-state index contributed by atoms with van der Waals surface area (Å²) in [5, 5.41) is 2.60. The molecule has 1 aliphatic rings. The fraction of sp³-hybridized carbons (Fsp3) is 0.300. The van der Waals surface area contributed by atoms with Crippen LogP contribution in [0.15, 0.2) is 60.7 Å². The van der Waals surface area contributed by atoms with Gasteiger partial charge in [-0.15, -0.1) is 0 Å². The Kier molecular flexibility index (Phi) is 5.73. The Morgan fingerprint density at radius 1 is 0.923 bits per heavy atom. The molecule has 1 aliphatic heterocycles. The Bertz CT molecular complexity index is 728. The zero-order valence-electron chi connectivity index (χ0n) is 14.8. The first-order valence-corrected chi connectivity index (χ1v) is 8.75. The Hall–Kier alpha value is -3.02. The highest BCUT2D eigenvalue weighted by atomic mass is 16.6. The third-order valence-corrected chi connectivity index (χ3v) is 4.37. The molecule has 0 saturated carbocycles. The van der Waals surface area contributed by atoms with E-state index in [2.05, 4.69) is 22.3 Å². The molecule has 136 valence electrons. The van der Waals surface area contributed by atoms with E-state index < -0.39 is 12.1 Å².